The normalized spacial score (nSPS) is 14.2. The number of anilines is 2. The first-order valence-electron chi connectivity index (χ1n) is 12.4. The number of carbonyl (C=O) groups is 2. The largest absolute Gasteiger partial charge is 0.394 e. The average molecular weight is 546 g/mol. The van der Waals surface area contributed by atoms with Crippen molar-refractivity contribution in [3.05, 3.63) is 88.3 Å². The first kappa shape index (κ1) is 26.3. The second-order valence-electron chi connectivity index (χ2n) is 9.56. The molecule has 0 aliphatic carbocycles. The minimum Gasteiger partial charge on any atom is -0.394 e. The van der Waals surface area contributed by atoms with E-state index in [4.69, 9.17) is 11.6 Å². The van der Waals surface area contributed by atoms with Crippen molar-refractivity contribution in [1.82, 2.24) is 30.0 Å². The van der Waals surface area contributed by atoms with E-state index >= 15 is 0 Å². The molecule has 10 nitrogen and oxygen atoms in total. The summed E-state index contributed by atoms with van der Waals surface area (Å²) in [6, 6.07) is 11.7. The number of carbonyl (C=O) groups excluding carboxylic acids is 2. The van der Waals surface area contributed by atoms with Gasteiger partial charge in [-0.05, 0) is 31.0 Å². The molecular weight excluding hydrogens is 518 g/mol. The van der Waals surface area contributed by atoms with E-state index in [1.165, 1.54) is 11.1 Å². The molecule has 0 bridgehead atoms. The lowest BCUT2D eigenvalue weighted by molar-refractivity contribution is -0.126. The van der Waals surface area contributed by atoms with E-state index in [0.29, 0.717) is 34.3 Å². The topological polar surface area (TPSA) is 125 Å². The van der Waals surface area contributed by atoms with Gasteiger partial charge in [-0.25, -0.2) is 9.97 Å². The predicted molar refractivity (Wildman–Crippen MR) is 147 cm³/mol. The number of fused-ring (bicyclic) bond motifs is 1. The molecule has 1 aliphatic rings. The van der Waals surface area contributed by atoms with Gasteiger partial charge in [0.05, 0.1) is 41.4 Å². The highest BCUT2D eigenvalue weighted by atomic mass is 35.5. The highest BCUT2D eigenvalue weighted by Crippen LogP contribution is 2.32. The first-order valence-corrected chi connectivity index (χ1v) is 12.8. The van der Waals surface area contributed by atoms with Crippen LogP contribution in [0.15, 0.2) is 61.1 Å². The van der Waals surface area contributed by atoms with Crippen molar-refractivity contribution < 1.29 is 14.7 Å². The van der Waals surface area contributed by atoms with Crippen LogP contribution in [0.4, 0.5) is 11.6 Å². The Morgan fingerprint density at radius 1 is 1.21 bits per heavy atom. The van der Waals surface area contributed by atoms with Crippen molar-refractivity contribution >= 4 is 35.1 Å². The molecule has 0 spiro atoms. The second kappa shape index (κ2) is 10.8. The van der Waals surface area contributed by atoms with Crippen molar-refractivity contribution in [2.75, 3.05) is 11.9 Å². The van der Waals surface area contributed by atoms with Crippen molar-refractivity contribution in [1.29, 1.82) is 0 Å². The molecule has 2 amide bonds. The van der Waals surface area contributed by atoms with E-state index in [-0.39, 0.29) is 18.4 Å². The third-order valence-electron chi connectivity index (χ3n) is 6.71. The molecule has 0 radical (unpaired) electrons. The molecule has 4 aromatic rings. The summed E-state index contributed by atoms with van der Waals surface area (Å²) >= 11 is 6.43. The summed E-state index contributed by atoms with van der Waals surface area (Å²) in [5.74, 6) is -0.264. The summed E-state index contributed by atoms with van der Waals surface area (Å²) in [4.78, 5) is 36.8. The van der Waals surface area contributed by atoms with Gasteiger partial charge in [0.25, 0.3) is 5.91 Å². The molecular formula is C28H28ClN7O3. The Labute approximate surface area is 230 Å². The molecule has 1 aliphatic heterocycles. The minimum absolute atomic E-state index is 0.253. The first-order chi connectivity index (χ1) is 18.7. The van der Waals surface area contributed by atoms with Crippen molar-refractivity contribution in [2.24, 2.45) is 7.05 Å². The zero-order valence-electron chi connectivity index (χ0n) is 21.7. The molecule has 3 heterocycles. The lowest BCUT2D eigenvalue weighted by Crippen LogP contribution is -2.46. The number of hydrogen-bond donors (Lipinski definition) is 3. The van der Waals surface area contributed by atoms with E-state index in [1.807, 2.05) is 50.4 Å². The Balaban J connectivity index is 1.33. The Hall–Kier alpha value is -4.28. The van der Waals surface area contributed by atoms with E-state index in [1.54, 1.807) is 30.1 Å². The summed E-state index contributed by atoms with van der Waals surface area (Å²) in [7, 11) is 1.81. The summed E-state index contributed by atoms with van der Waals surface area (Å²) in [6.45, 7) is 3.67. The number of hydrogen-bond acceptors (Lipinski definition) is 7. The zero-order chi connectivity index (χ0) is 27.7. The van der Waals surface area contributed by atoms with Gasteiger partial charge < -0.3 is 20.6 Å². The quantitative estimate of drug-likeness (QED) is 0.308. The van der Waals surface area contributed by atoms with Crippen molar-refractivity contribution in [3.8, 4) is 11.3 Å². The van der Waals surface area contributed by atoms with Crippen LogP contribution in [0, 0.1) is 6.92 Å². The number of aromatic nitrogens is 4. The molecule has 2 unspecified atom stereocenters. The van der Waals surface area contributed by atoms with Crippen LogP contribution >= 0.6 is 11.6 Å². The van der Waals surface area contributed by atoms with Crippen LogP contribution in [-0.2, 0) is 18.4 Å². The van der Waals surface area contributed by atoms with Gasteiger partial charge in [0.1, 0.15) is 6.04 Å². The van der Waals surface area contributed by atoms with Crippen LogP contribution in [0.1, 0.15) is 40.0 Å². The number of amides is 2. The predicted octanol–water partition coefficient (Wildman–Crippen LogP) is 3.78. The van der Waals surface area contributed by atoms with Gasteiger partial charge in [-0.3, -0.25) is 14.3 Å². The van der Waals surface area contributed by atoms with Crippen LogP contribution in [0.2, 0.25) is 5.02 Å². The number of aliphatic hydroxyl groups excluding tert-OH is 1. The van der Waals surface area contributed by atoms with Crippen LogP contribution in [-0.4, -0.2) is 54.2 Å². The molecule has 39 heavy (non-hydrogen) atoms. The van der Waals surface area contributed by atoms with Crippen LogP contribution in [0.3, 0.4) is 0 Å². The Morgan fingerprint density at radius 3 is 2.74 bits per heavy atom. The summed E-state index contributed by atoms with van der Waals surface area (Å²) in [6.07, 6.45) is 4.95. The van der Waals surface area contributed by atoms with Gasteiger partial charge in [-0.1, -0.05) is 53.6 Å². The van der Waals surface area contributed by atoms with Gasteiger partial charge in [-0.15, -0.1) is 0 Å². The summed E-state index contributed by atoms with van der Waals surface area (Å²) in [5.41, 5.74) is 4.98. The molecule has 2 aromatic heterocycles. The molecule has 0 saturated heterocycles. The number of nitrogens with zero attached hydrogens (tertiary/aromatic N) is 5. The molecule has 5 rings (SSSR count). The van der Waals surface area contributed by atoms with E-state index in [2.05, 4.69) is 25.7 Å². The minimum atomic E-state index is -0.745. The standard InChI is InChI=1S/C28H28ClN7O3/c1-16-5-4-6-18(9-16)24(15-37)33-26(38)17(2)36-13-20-8-7-19(10-22(20)27(36)39)25-23(29)12-30-28(34-25)32-21-11-31-35(3)14-21/h4-12,14,17,24,37H,13,15H2,1-3H3,(H,33,38)(H,30,32,34). The lowest BCUT2D eigenvalue weighted by Gasteiger charge is -2.26. The van der Waals surface area contributed by atoms with Gasteiger partial charge in [0.2, 0.25) is 11.9 Å². The van der Waals surface area contributed by atoms with Gasteiger partial charge in [-0.2, -0.15) is 5.10 Å². The third kappa shape index (κ3) is 5.47. The fraction of sp³-hybridized carbons (Fsp3) is 0.250. The third-order valence-corrected chi connectivity index (χ3v) is 6.99. The Kier molecular flexibility index (Phi) is 7.32. The fourth-order valence-corrected chi connectivity index (χ4v) is 4.78. The molecule has 2 aromatic carbocycles. The molecule has 3 N–H and O–H groups in total. The zero-order valence-corrected chi connectivity index (χ0v) is 22.5. The fourth-order valence-electron chi connectivity index (χ4n) is 4.58. The maximum Gasteiger partial charge on any atom is 0.255 e. The molecule has 11 heteroatoms. The molecule has 200 valence electrons. The number of nitrogens with one attached hydrogen (secondary N) is 2. The maximum absolute atomic E-state index is 13.4. The Morgan fingerprint density at radius 2 is 2.03 bits per heavy atom. The molecule has 0 fully saturated rings. The highest BCUT2D eigenvalue weighted by molar-refractivity contribution is 6.33. The average Bonchev–Trinajstić information content (AvgIpc) is 3.49. The molecule has 2 atom stereocenters. The second-order valence-corrected chi connectivity index (χ2v) is 9.96. The van der Waals surface area contributed by atoms with Gasteiger partial charge >= 0.3 is 0 Å². The van der Waals surface area contributed by atoms with E-state index in [0.717, 1.165) is 22.4 Å². The van der Waals surface area contributed by atoms with Crippen LogP contribution < -0.4 is 10.6 Å². The number of rotatable bonds is 8. The van der Waals surface area contributed by atoms with Gasteiger partial charge in [0.15, 0.2) is 0 Å². The smallest absolute Gasteiger partial charge is 0.255 e. The summed E-state index contributed by atoms with van der Waals surface area (Å²) < 4.78 is 1.66. The highest BCUT2D eigenvalue weighted by Gasteiger charge is 2.35. The Bertz CT molecular complexity index is 1550. The summed E-state index contributed by atoms with van der Waals surface area (Å²) in [5, 5.41) is 20.3. The number of aryl methyl sites for hydroxylation is 2. The lowest BCUT2D eigenvalue weighted by atomic mass is 10.0. The number of halogens is 1. The van der Waals surface area contributed by atoms with Crippen LogP contribution in [0.5, 0.6) is 0 Å². The molecule has 0 saturated carbocycles. The number of benzene rings is 2. The van der Waals surface area contributed by atoms with E-state index in [9.17, 15) is 14.7 Å². The monoisotopic (exact) mass is 545 g/mol. The SMILES string of the molecule is Cc1cccc(C(CO)NC(=O)C(C)N2Cc3ccc(-c4nc(Nc5cnn(C)c5)ncc4Cl)cc3C2=O)c1. The van der Waals surface area contributed by atoms with Gasteiger partial charge in [0, 0.05) is 30.9 Å². The van der Waals surface area contributed by atoms with E-state index < -0.39 is 12.1 Å². The maximum atomic E-state index is 13.4. The van der Waals surface area contributed by atoms with Crippen molar-refractivity contribution in [2.45, 2.75) is 32.5 Å². The van der Waals surface area contributed by atoms with Crippen LogP contribution in [0.25, 0.3) is 11.3 Å². The number of aliphatic hydroxyl groups is 1. The van der Waals surface area contributed by atoms with Crippen molar-refractivity contribution in [3.63, 3.8) is 0 Å².